The minimum atomic E-state index is -0.285. The lowest BCUT2D eigenvalue weighted by Gasteiger charge is -2.06. The van der Waals surface area contributed by atoms with Gasteiger partial charge in [-0.2, -0.15) is 0 Å². The molecule has 0 unspecified atom stereocenters. The summed E-state index contributed by atoms with van der Waals surface area (Å²) in [5.74, 6) is -0.0249. The van der Waals surface area contributed by atoms with E-state index in [2.05, 4.69) is 15.9 Å². The van der Waals surface area contributed by atoms with Gasteiger partial charge in [0.05, 0.1) is 0 Å². The quantitative estimate of drug-likeness (QED) is 0.606. The molecule has 0 aliphatic rings. The number of hydrogen-bond donors (Lipinski definition) is 0. The third-order valence-corrected chi connectivity index (χ3v) is 2.39. The van der Waals surface area contributed by atoms with Crippen LogP contribution in [-0.4, -0.2) is 11.5 Å². The molecule has 0 spiro atoms. The highest BCUT2D eigenvalue weighted by atomic mass is 79.9. The molecule has 13 heavy (non-hydrogen) atoms. The molecule has 0 N–H and O–H groups in total. The van der Waals surface area contributed by atoms with Crippen LogP contribution >= 0.6 is 15.9 Å². The molecule has 0 aromatic heterocycles. The normalized spacial score (nSPS) is 12.5. The standard InChI is InChI=1S/C9H10BrNO2/c1-7(6-11(12)13)8-2-4-9(10)5-3-8/h2-5,7H,6H2,1H3/t7-/m1/s1. The van der Waals surface area contributed by atoms with Crippen molar-refractivity contribution in [2.75, 3.05) is 6.54 Å². The lowest BCUT2D eigenvalue weighted by atomic mass is 10.0. The molecule has 1 atom stereocenters. The summed E-state index contributed by atoms with van der Waals surface area (Å²) < 4.78 is 0.990. The van der Waals surface area contributed by atoms with Crippen LogP contribution in [0, 0.1) is 10.1 Å². The Bertz CT molecular complexity index is 297. The van der Waals surface area contributed by atoms with Crippen LogP contribution in [0.5, 0.6) is 0 Å². The van der Waals surface area contributed by atoms with Crippen LogP contribution in [0.25, 0.3) is 0 Å². The second-order valence-corrected chi connectivity index (χ2v) is 3.88. The maximum absolute atomic E-state index is 10.2. The van der Waals surface area contributed by atoms with Crippen LogP contribution in [0.2, 0.25) is 0 Å². The summed E-state index contributed by atoms with van der Waals surface area (Å²) in [6, 6.07) is 7.59. The summed E-state index contributed by atoms with van der Waals surface area (Å²) in [6.45, 7) is 1.84. The fourth-order valence-electron chi connectivity index (χ4n) is 1.12. The highest BCUT2D eigenvalue weighted by molar-refractivity contribution is 9.10. The molecule has 0 radical (unpaired) electrons. The smallest absolute Gasteiger partial charge is 0.210 e. The van der Waals surface area contributed by atoms with Gasteiger partial charge < -0.3 is 0 Å². The molecular weight excluding hydrogens is 234 g/mol. The van der Waals surface area contributed by atoms with Crippen molar-refractivity contribution in [3.8, 4) is 0 Å². The van der Waals surface area contributed by atoms with Gasteiger partial charge in [0.1, 0.15) is 0 Å². The van der Waals surface area contributed by atoms with Crippen LogP contribution in [-0.2, 0) is 0 Å². The molecule has 0 aliphatic heterocycles. The van der Waals surface area contributed by atoms with Gasteiger partial charge in [-0.05, 0) is 17.7 Å². The topological polar surface area (TPSA) is 43.1 Å². The third kappa shape index (κ3) is 3.14. The monoisotopic (exact) mass is 243 g/mol. The molecule has 0 saturated carbocycles. The summed E-state index contributed by atoms with van der Waals surface area (Å²) in [4.78, 5) is 9.96. The van der Waals surface area contributed by atoms with Crippen LogP contribution in [0.1, 0.15) is 18.4 Å². The average Bonchev–Trinajstić information content (AvgIpc) is 2.04. The van der Waals surface area contributed by atoms with Gasteiger partial charge in [-0.25, -0.2) is 0 Å². The van der Waals surface area contributed by atoms with Crippen LogP contribution in [0.15, 0.2) is 28.7 Å². The van der Waals surface area contributed by atoms with Crippen LogP contribution in [0.3, 0.4) is 0 Å². The predicted molar refractivity (Wildman–Crippen MR) is 54.4 cm³/mol. The van der Waals surface area contributed by atoms with Gasteiger partial charge in [-0.3, -0.25) is 10.1 Å². The first-order valence-corrected chi connectivity index (χ1v) is 4.76. The maximum atomic E-state index is 10.2. The number of nitrogens with zero attached hydrogens (tertiary/aromatic N) is 1. The van der Waals surface area contributed by atoms with E-state index in [0.29, 0.717) is 0 Å². The fourth-order valence-corrected chi connectivity index (χ4v) is 1.38. The van der Waals surface area contributed by atoms with E-state index < -0.39 is 0 Å². The summed E-state index contributed by atoms with van der Waals surface area (Å²) in [7, 11) is 0. The SMILES string of the molecule is C[C@H](C[N+](=O)[O-])c1ccc(Br)cc1. The van der Waals surface area contributed by atoms with Gasteiger partial charge in [-0.15, -0.1) is 0 Å². The van der Waals surface area contributed by atoms with Crippen molar-refractivity contribution in [1.29, 1.82) is 0 Å². The van der Waals surface area contributed by atoms with Gasteiger partial charge in [-0.1, -0.05) is 35.0 Å². The molecule has 0 aliphatic carbocycles. The van der Waals surface area contributed by atoms with E-state index in [4.69, 9.17) is 0 Å². The number of hydrogen-bond acceptors (Lipinski definition) is 2. The Morgan fingerprint density at radius 3 is 2.46 bits per heavy atom. The second kappa shape index (κ2) is 4.37. The van der Waals surface area contributed by atoms with Crippen molar-refractivity contribution in [3.05, 3.63) is 44.4 Å². The molecule has 3 nitrogen and oxygen atoms in total. The number of halogens is 1. The Kier molecular flexibility index (Phi) is 3.42. The van der Waals surface area contributed by atoms with Crippen molar-refractivity contribution in [2.45, 2.75) is 12.8 Å². The first-order chi connectivity index (χ1) is 6.09. The van der Waals surface area contributed by atoms with Crippen molar-refractivity contribution in [1.82, 2.24) is 0 Å². The van der Waals surface area contributed by atoms with Gasteiger partial charge in [0.2, 0.25) is 6.54 Å². The van der Waals surface area contributed by atoms with E-state index in [0.717, 1.165) is 10.0 Å². The molecule has 1 aromatic carbocycles. The molecule has 1 aromatic rings. The van der Waals surface area contributed by atoms with E-state index in [9.17, 15) is 10.1 Å². The highest BCUT2D eigenvalue weighted by Crippen LogP contribution is 2.18. The summed E-state index contributed by atoms with van der Waals surface area (Å²) in [6.07, 6.45) is 0. The molecule has 0 fully saturated rings. The summed E-state index contributed by atoms with van der Waals surface area (Å²) in [5, 5.41) is 10.2. The fraction of sp³-hybridized carbons (Fsp3) is 0.333. The Labute approximate surface area is 85.0 Å². The van der Waals surface area contributed by atoms with Crippen LogP contribution in [0.4, 0.5) is 0 Å². The van der Waals surface area contributed by atoms with Gasteiger partial charge in [0.25, 0.3) is 0 Å². The van der Waals surface area contributed by atoms with Crippen molar-refractivity contribution in [3.63, 3.8) is 0 Å². The summed E-state index contributed by atoms with van der Waals surface area (Å²) >= 11 is 3.31. The number of rotatable bonds is 3. The summed E-state index contributed by atoms with van der Waals surface area (Å²) in [5.41, 5.74) is 1.000. The van der Waals surface area contributed by atoms with Crippen LogP contribution < -0.4 is 0 Å². The zero-order valence-corrected chi connectivity index (χ0v) is 8.82. The van der Waals surface area contributed by atoms with Crippen molar-refractivity contribution in [2.24, 2.45) is 0 Å². The molecule has 0 amide bonds. The third-order valence-electron chi connectivity index (χ3n) is 1.86. The Hall–Kier alpha value is -0.900. The number of benzene rings is 1. The van der Waals surface area contributed by atoms with Gasteiger partial charge >= 0.3 is 0 Å². The molecule has 0 heterocycles. The molecule has 70 valence electrons. The largest absolute Gasteiger partial charge is 0.265 e. The predicted octanol–water partition coefficient (Wildman–Crippen LogP) is 2.83. The zero-order valence-electron chi connectivity index (χ0n) is 7.24. The minimum absolute atomic E-state index is 0.0123. The Balaban J connectivity index is 2.71. The second-order valence-electron chi connectivity index (χ2n) is 2.97. The molecule has 0 bridgehead atoms. The van der Waals surface area contributed by atoms with E-state index in [1.165, 1.54) is 0 Å². The Morgan fingerprint density at radius 2 is 2.00 bits per heavy atom. The first kappa shape index (κ1) is 10.2. The lowest BCUT2D eigenvalue weighted by molar-refractivity contribution is -0.482. The maximum Gasteiger partial charge on any atom is 0.210 e. The average molecular weight is 244 g/mol. The molecule has 4 heteroatoms. The Morgan fingerprint density at radius 1 is 1.46 bits per heavy atom. The van der Waals surface area contributed by atoms with Gasteiger partial charge in [0, 0.05) is 15.3 Å². The van der Waals surface area contributed by atoms with E-state index in [1.807, 2.05) is 31.2 Å². The zero-order chi connectivity index (χ0) is 9.84. The highest BCUT2D eigenvalue weighted by Gasteiger charge is 2.10. The van der Waals surface area contributed by atoms with Crippen molar-refractivity contribution >= 4 is 15.9 Å². The lowest BCUT2D eigenvalue weighted by Crippen LogP contribution is -2.09. The van der Waals surface area contributed by atoms with Crippen molar-refractivity contribution < 1.29 is 4.92 Å². The first-order valence-electron chi connectivity index (χ1n) is 3.97. The molecular formula is C9H10BrNO2. The number of nitro groups is 1. The minimum Gasteiger partial charge on any atom is -0.265 e. The van der Waals surface area contributed by atoms with E-state index >= 15 is 0 Å². The molecule has 1 rings (SSSR count). The van der Waals surface area contributed by atoms with E-state index in [-0.39, 0.29) is 17.4 Å². The van der Waals surface area contributed by atoms with E-state index in [1.54, 1.807) is 0 Å². The van der Waals surface area contributed by atoms with Gasteiger partial charge in [0.15, 0.2) is 0 Å². The molecule has 0 saturated heterocycles.